The summed E-state index contributed by atoms with van der Waals surface area (Å²) in [5.41, 5.74) is 2.59. The number of rotatable bonds is 8. The Morgan fingerprint density at radius 3 is 2.23 bits per heavy atom. The predicted molar refractivity (Wildman–Crippen MR) is 146 cm³/mol. The number of amides is 1. The van der Waals surface area contributed by atoms with Crippen LogP contribution in [0.4, 0.5) is 15.9 Å². The van der Waals surface area contributed by atoms with Gasteiger partial charge in [0.1, 0.15) is 22.3 Å². The standard InChI is InChI=1S/C29H23FN4O4S/c1-38-22-16-17-25(23(18-22)29(35)33-39(36,37)27-15-9-8-14-24(27)30)31-28-19-26(20-10-4-2-5-11-20)32-34(28)21-12-6-3-7-13-21/h2-19,31H,1H3,(H,33,35). The topological polar surface area (TPSA) is 102 Å². The van der Waals surface area contributed by atoms with Gasteiger partial charge in [-0.3, -0.25) is 4.79 Å². The first-order valence-electron chi connectivity index (χ1n) is 11.8. The number of para-hydroxylation sites is 1. The largest absolute Gasteiger partial charge is 0.497 e. The molecule has 0 atom stereocenters. The van der Waals surface area contributed by atoms with Gasteiger partial charge in [0, 0.05) is 11.6 Å². The Morgan fingerprint density at radius 1 is 0.872 bits per heavy atom. The molecule has 5 aromatic rings. The lowest BCUT2D eigenvalue weighted by Gasteiger charge is -2.15. The van der Waals surface area contributed by atoms with E-state index in [1.807, 2.05) is 71.5 Å². The van der Waals surface area contributed by atoms with Gasteiger partial charge in [-0.05, 0) is 42.5 Å². The van der Waals surface area contributed by atoms with Crippen LogP contribution in [-0.4, -0.2) is 31.2 Å². The second-order valence-electron chi connectivity index (χ2n) is 8.43. The fourth-order valence-corrected chi connectivity index (χ4v) is 5.01. The molecule has 0 unspecified atom stereocenters. The quantitative estimate of drug-likeness (QED) is 0.267. The molecule has 8 nitrogen and oxygen atoms in total. The van der Waals surface area contributed by atoms with Crippen LogP contribution < -0.4 is 14.8 Å². The molecule has 0 aliphatic rings. The van der Waals surface area contributed by atoms with Crippen LogP contribution in [0.25, 0.3) is 16.9 Å². The Labute approximate surface area is 224 Å². The molecule has 196 valence electrons. The minimum absolute atomic E-state index is 0.0312. The van der Waals surface area contributed by atoms with Crippen LogP contribution in [0.3, 0.4) is 0 Å². The molecule has 0 saturated heterocycles. The lowest BCUT2D eigenvalue weighted by molar-refractivity contribution is 0.0982. The lowest BCUT2D eigenvalue weighted by atomic mass is 10.1. The summed E-state index contributed by atoms with van der Waals surface area (Å²) in [7, 11) is -3.06. The van der Waals surface area contributed by atoms with Gasteiger partial charge >= 0.3 is 0 Å². The van der Waals surface area contributed by atoms with Crippen LogP contribution in [0, 0.1) is 5.82 Å². The number of carbonyl (C=O) groups excluding carboxylic acids is 1. The molecule has 0 radical (unpaired) electrons. The first-order chi connectivity index (χ1) is 18.9. The number of nitrogens with zero attached hydrogens (tertiary/aromatic N) is 2. The number of hydrogen-bond donors (Lipinski definition) is 2. The van der Waals surface area contributed by atoms with Crippen molar-refractivity contribution in [1.29, 1.82) is 0 Å². The Hall–Kier alpha value is -4.96. The molecule has 0 spiro atoms. The number of nitrogens with one attached hydrogen (secondary N) is 2. The Balaban J connectivity index is 1.55. The number of benzene rings is 4. The number of aromatic nitrogens is 2. The maximum absolute atomic E-state index is 14.2. The molecule has 0 saturated carbocycles. The highest BCUT2D eigenvalue weighted by atomic mass is 32.2. The zero-order valence-corrected chi connectivity index (χ0v) is 21.5. The zero-order valence-electron chi connectivity index (χ0n) is 20.7. The molecule has 2 N–H and O–H groups in total. The van der Waals surface area contributed by atoms with Crippen molar-refractivity contribution in [2.45, 2.75) is 4.90 Å². The molecular formula is C29H23FN4O4S. The molecule has 1 heterocycles. The molecule has 1 amide bonds. The maximum atomic E-state index is 14.2. The van der Waals surface area contributed by atoms with Crippen molar-refractivity contribution in [2.24, 2.45) is 0 Å². The second kappa shape index (κ2) is 10.8. The number of carbonyl (C=O) groups is 1. The first kappa shape index (κ1) is 25.7. The van der Waals surface area contributed by atoms with E-state index >= 15 is 0 Å². The van der Waals surface area contributed by atoms with Crippen LogP contribution >= 0.6 is 0 Å². The van der Waals surface area contributed by atoms with E-state index in [0.717, 1.165) is 23.4 Å². The number of sulfonamides is 1. The van der Waals surface area contributed by atoms with Crippen molar-refractivity contribution < 1.29 is 22.3 Å². The summed E-state index contributed by atoms with van der Waals surface area (Å²) in [6.45, 7) is 0. The summed E-state index contributed by atoms with van der Waals surface area (Å²) in [4.78, 5) is 12.6. The Kier molecular flexibility index (Phi) is 7.11. The van der Waals surface area contributed by atoms with Crippen molar-refractivity contribution in [3.05, 3.63) is 121 Å². The number of halogens is 1. The third-order valence-corrected chi connectivity index (χ3v) is 7.23. The van der Waals surface area contributed by atoms with E-state index in [4.69, 9.17) is 9.84 Å². The summed E-state index contributed by atoms with van der Waals surface area (Å²) in [5.74, 6) is -1.08. The molecule has 39 heavy (non-hydrogen) atoms. The van der Waals surface area contributed by atoms with Crippen molar-refractivity contribution in [2.75, 3.05) is 12.4 Å². The van der Waals surface area contributed by atoms with Crippen molar-refractivity contribution in [1.82, 2.24) is 14.5 Å². The summed E-state index contributed by atoms with van der Waals surface area (Å²) in [6, 6.07) is 30.3. The first-order valence-corrected chi connectivity index (χ1v) is 13.3. The lowest BCUT2D eigenvalue weighted by Crippen LogP contribution is -2.31. The number of ether oxygens (including phenoxy) is 1. The van der Waals surface area contributed by atoms with Gasteiger partial charge in [-0.2, -0.15) is 5.10 Å². The molecule has 0 fully saturated rings. The van der Waals surface area contributed by atoms with E-state index in [-0.39, 0.29) is 11.3 Å². The van der Waals surface area contributed by atoms with Gasteiger partial charge in [0.05, 0.1) is 29.7 Å². The second-order valence-corrected chi connectivity index (χ2v) is 10.1. The van der Waals surface area contributed by atoms with Gasteiger partial charge in [-0.25, -0.2) is 22.2 Å². The van der Waals surface area contributed by atoms with Crippen LogP contribution in [0.1, 0.15) is 10.4 Å². The molecule has 0 aliphatic heterocycles. The number of anilines is 2. The van der Waals surface area contributed by atoms with Crippen LogP contribution in [0.15, 0.2) is 114 Å². The molecular weight excluding hydrogens is 519 g/mol. The third kappa shape index (κ3) is 5.51. The smallest absolute Gasteiger partial charge is 0.267 e. The SMILES string of the molecule is COc1ccc(Nc2cc(-c3ccccc3)nn2-c2ccccc2)c(C(=O)NS(=O)(=O)c2ccccc2F)c1. The van der Waals surface area contributed by atoms with Crippen molar-refractivity contribution >= 4 is 27.4 Å². The molecule has 5 rings (SSSR count). The number of methoxy groups -OCH3 is 1. The van der Waals surface area contributed by atoms with Gasteiger partial charge in [0.25, 0.3) is 15.9 Å². The highest BCUT2D eigenvalue weighted by Gasteiger charge is 2.24. The Morgan fingerprint density at radius 2 is 1.54 bits per heavy atom. The molecule has 10 heteroatoms. The van der Waals surface area contributed by atoms with E-state index in [1.165, 1.54) is 25.3 Å². The van der Waals surface area contributed by atoms with E-state index in [2.05, 4.69) is 5.32 Å². The average molecular weight is 543 g/mol. The minimum atomic E-state index is -4.49. The van der Waals surface area contributed by atoms with Crippen LogP contribution in [0.5, 0.6) is 5.75 Å². The number of hydrogen-bond acceptors (Lipinski definition) is 6. The fraction of sp³-hybridized carbons (Fsp3) is 0.0345. The third-order valence-electron chi connectivity index (χ3n) is 5.87. The van der Waals surface area contributed by atoms with E-state index in [1.54, 1.807) is 16.8 Å². The minimum Gasteiger partial charge on any atom is -0.497 e. The van der Waals surface area contributed by atoms with Gasteiger partial charge in [0.2, 0.25) is 0 Å². The van der Waals surface area contributed by atoms with Gasteiger partial charge in [-0.1, -0.05) is 60.7 Å². The van der Waals surface area contributed by atoms with Gasteiger partial charge in [-0.15, -0.1) is 0 Å². The summed E-state index contributed by atoms with van der Waals surface area (Å²) in [6.07, 6.45) is 0. The predicted octanol–water partition coefficient (Wildman–Crippen LogP) is 5.55. The molecule has 0 bridgehead atoms. The van der Waals surface area contributed by atoms with E-state index in [0.29, 0.717) is 17.3 Å². The highest BCUT2D eigenvalue weighted by Crippen LogP contribution is 2.30. The monoisotopic (exact) mass is 542 g/mol. The Bertz CT molecular complexity index is 1740. The van der Waals surface area contributed by atoms with Gasteiger partial charge in [0.15, 0.2) is 0 Å². The molecule has 0 aliphatic carbocycles. The van der Waals surface area contributed by atoms with Crippen LogP contribution in [0.2, 0.25) is 0 Å². The molecule has 1 aromatic heterocycles. The average Bonchev–Trinajstić information content (AvgIpc) is 3.38. The maximum Gasteiger partial charge on any atom is 0.267 e. The normalized spacial score (nSPS) is 11.1. The van der Waals surface area contributed by atoms with Gasteiger partial charge < -0.3 is 10.1 Å². The fourth-order valence-electron chi connectivity index (χ4n) is 3.97. The van der Waals surface area contributed by atoms with E-state index in [9.17, 15) is 17.6 Å². The van der Waals surface area contributed by atoms with E-state index < -0.39 is 26.6 Å². The summed E-state index contributed by atoms with van der Waals surface area (Å²) in [5, 5.41) is 7.97. The summed E-state index contributed by atoms with van der Waals surface area (Å²) < 4.78 is 48.8. The van der Waals surface area contributed by atoms with Crippen LogP contribution in [-0.2, 0) is 10.0 Å². The zero-order chi connectivity index (χ0) is 27.4. The highest BCUT2D eigenvalue weighted by molar-refractivity contribution is 7.90. The molecule has 4 aromatic carbocycles. The van der Waals surface area contributed by atoms with Crippen molar-refractivity contribution in [3.63, 3.8) is 0 Å². The summed E-state index contributed by atoms with van der Waals surface area (Å²) >= 11 is 0. The van der Waals surface area contributed by atoms with Crippen molar-refractivity contribution in [3.8, 4) is 22.7 Å².